The average Bonchev–Trinajstić information content (AvgIpc) is 2.65. The van der Waals surface area contributed by atoms with E-state index in [1.807, 2.05) is 30.0 Å². The molecule has 1 atom stereocenters. The van der Waals surface area contributed by atoms with Gasteiger partial charge in [0, 0.05) is 19.0 Å². The number of fused-ring (bicyclic) bond motifs is 1. The first-order chi connectivity index (χ1) is 9.56. The molecular weight excluding hydrogens is 252 g/mol. The lowest BCUT2D eigenvalue weighted by atomic mass is 10.1. The van der Waals surface area contributed by atoms with Crippen LogP contribution in [0.2, 0.25) is 0 Å². The Bertz CT molecular complexity index is 525. The van der Waals surface area contributed by atoms with Gasteiger partial charge in [-0.25, -0.2) is 0 Å². The molecule has 0 fully saturated rings. The van der Waals surface area contributed by atoms with Crippen LogP contribution >= 0.6 is 0 Å². The van der Waals surface area contributed by atoms with Crippen LogP contribution < -0.4 is 10.2 Å². The van der Waals surface area contributed by atoms with E-state index in [-0.39, 0.29) is 11.8 Å². The fraction of sp³-hybridized carbons (Fsp3) is 0.500. The van der Waals surface area contributed by atoms with Crippen LogP contribution in [0, 0.1) is 6.92 Å². The van der Waals surface area contributed by atoms with Crippen LogP contribution in [0.4, 0.5) is 5.69 Å². The highest BCUT2D eigenvalue weighted by molar-refractivity contribution is 6.06. The summed E-state index contributed by atoms with van der Waals surface area (Å²) in [5.74, 6) is -0.188. The zero-order valence-corrected chi connectivity index (χ0v) is 12.4. The first kappa shape index (κ1) is 14.6. The molecule has 0 aromatic heterocycles. The molecule has 1 heterocycles. The third-order valence-corrected chi connectivity index (χ3v) is 3.70. The van der Waals surface area contributed by atoms with Gasteiger partial charge < -0.3 is 10.2 Å². The number of amides is 2. The number of anilines is 1. The Morgan fingerprint density at radius 3 is 2.75 bits per heavy atom. The third kappa shape index (κ3) is 2.69. The summed E-state index contributed by atoms with van der Waals surface area (Å²) in [6.45, 7) is 6.32. The predicted octanol–water partition coefficient (Wildman–Crippen LogP) is 2.71. The summed E-state index contributed by atoms with van der Waals surface area (Å²) in [4.78, 5) is 25.7. The van der Waals surface area contributed by atoms with Crippen molar-refractivity contribution < 1.29 is 9.59 Å². The van der Waals surface area contributed by atoms with Gasteiger partial charge in [-0.05, 0) is 18.9 Å². The Balaban J connectivity index is 2.31. The van der Waals surface area contributed by atoms with Crippen LogP contribution in [-0.2, 0) is 9.59 Å². The molecule has 0 bridgehead atoms. The van der Waals surface area contributed by atoms with Crippen molar-refractivity contribution >= 4 is 17.5 Å². The largest absolute Gasteiger partial charge is 0.341 e. The van der Waals surface area contributed by atoms with Crippen molar-refractivity contribution in [2.24, 2.45) is 0 Å². The number of carbonyl (C=O) groups excluding carboxylic acids is 2. The predicted molar refractivity (Wildman–Crippen MR) is 79.6 cm³/mol. The molecule has 1 unspecified atom stereocenters. The topological polar surface area (TPSA) is 49.4 Å². The first-order valence-corrected chi connectivity index (χ1v) is 7.24. The van der Waals surface area contributed by atoms with Crippen molar-refractivity contribution in [1.29, 1.82) is 0 Å². The molecule has 108 valence electrons. The zero-order chi connectivity index (χ0) is 14.7. The maximum atomic E-state index is 12.6. The molecule has 0 aliphatic carbocycles. The van der Waals surface area contributed by atoms with Gasteiger partial charge in [-0.2, -0.15) is 0 Å². The number of nitrogens with zero attached hydrogens (tertiary/aromatic N) is 1. The summed E-state index contributed by atoms with van der Waals surface area (Å²) in [5, 5.41) is 2.77. The molecule has 0 saturated carbocycles. The van der Waals surface area contributed by atoms with Gasteiger partial charge in [0.1, 0.15) is 6.04 Å². The van der Waals surface area contributed by atoms with Crippen LogP contribution in [0.1, 0.15) is 50.3 Å². The second kappa shape index (κ2) is 6.07. The van der Waals surface area contributed by atoms with Crippen LogP contribution in [0.3, 0.4) is 0 Å². The Kier molecular flexibility index (Phi) is 4.42. The number of hydrogen-bond donors (Lipinski definition) is 1. The van der Waals surface area contributed by atoms with E-state index in [2.05, 4.69) is 12.2 Å². The molecule has 4 nitrogen and oxygen atoms in total. The molecule has 1 N–H and O–H groups in total. The van der Waals surface area contributed by atoms with Crippen molar-refractivity contribution in [3.63, 3.8) is 0 Å². The van der Waals surface area contributed by atoms with E-state index in [0.717, 1.165) is 42.6 Å². The summed E-state index contributed by atoms with van der Waals surface area (Å²) in [6.07, 6.45) is 3.22. The zero-order valence-electron chi connectivity index (χ0n) is 12.4. The second-order valence-corrected chi connectivity index (χ2v) is 5.34. The number of carbonyl (C=O) groups is 2. The second-order valence-electron chi connectivity index (χ2n) is 5.34. The number of aryl methyl sites for hydroxylation is 1. The van der Waals surface area contributed by atoms with Gasteiger partial charge in [0.05, 0.1) is 5.69 Å². The smallest absolute Gasteiger partial charge is 0.254 e. The summed E-state index contributed by atoms with van der Waals surface area (Å²) >= 11 is 0. The highest BCUT2D eigenvalue weighted by Gasteiger charge is 2.38. The van der Waals surface area contributed by atoms with Gasteiger partial charge in [-0.1, -0.05) is 38.0 Å². The summed E-state index contributed by atoms with van der Waals surface area (Å²) in [5.41, 5.74) is 2.98. The van der Waals surface area contributed by atoms with E-state index in [1.54, 1.807) is 0 Å². The quantitative estimate of drug-likeness (QED) is 0.839. The first-order valence-electron chi connectivity index (χ1n) is 7.24. The number of para-hydroxylation sites is 1. The number of unbranched alkanes of at least 4 members (excludes halogenated alkanes) is 2. The van der Waals surface area contributed by atoms with Crippen molar-refractivity contribution in [2.75, 3.05) is 11.4 Å². The van der Waals surface area contributed by atoms with E-state index in [0.29, 0.717) is 0 Å². The van der Waals surface area contributed by atoms with E-state index < -0.39 is 6.04 Å². The van der Waals surface area contributed by atoms with Gasteiger partial charge in [0.15, 0.2) is 0 Å². The van der Waals surface area contributed by atoms with Crippen molar-refractivity contribution in [3.05, 3.63) is 29.3 Å². The van der Waals surface area contributed by atoms with Crippen LogP contribution in [0.15, 0.2) is 18.2 Å². The highest BCUT2D eigenvalue weighted by atomic mass is 16.2. The number of rotatable bonds is 5. The van der Waals surface area contributed by atoms with E-state index in [9.17, 15) is 9.59 Å². The molecule has 0 radical (unpaired) electrons. The Morgan fingerprint density at radius 2 is 2.10 bits per heavy atom. The van der Waals surface area contributed by atoms with E-state index in [1.165, 1.54) is 6.92 Å². The molecule has 0 saturated heterocycles. The summed E-state index contributed by atoms with van der Waals surface area (Å²) in [7, 11) is 0. The fourth-order valence-electron chi connectivity index (χ4n) is 2.77. The lowest BCUT2D eigenvalue weighted by molar-refractivity contribution is -0.126. The van der Waals surface area contributed by atoms with Crippen molar-refractivity contribution in [2.45, 2.75) is 46.1 Å². The molecule has 1 aromatic rings. The average molecular weight is 274 g/mol. The van der Waals surface area contributed by atoms with Gasteiger partial charge in [0.25, 0.3) is 5.91 Å². The molecule has 1 aromatic carbocycles. The molecule has 2 amide bonds. The molecular formula is C16H22N2O2. The van der Waals surface area contributed by atoms with E-state index in [4.69, 9.17) is 0 Å². The van der Waals surface area contributed by atoms with Crippen LogP contribution in [0.5, 0.6) is 0 Å². The summed E-state index contributed by atoms with van der Waals surface area (Å²) < 4.78 is 0. The molecule has 1 aliphatic rings. The molecule has 0 spiro atoms. The lowest BCUT2D eigenvalue weighted by Crippen LogP contribution is -2.37. The van der Waals surface area contributed by atoms with E-state index >= 15 is 0 Å². The highest BCUT2D eigenvalue weighted by Crippen LogP contribution is 2.38. The van der Waals surface area contributed by atoms with Gasteiger partial charge in [-0.3, -0.25) is 9.59 Å². The number of benzene rings is 1. The van der Waals surface area contributed by atoms with Crippen LogP contribution in [0.25, 0.3) is 0 Å². The minimum absolute atomic E-state index is 0.0133. The molecule has 2 rings (SSSR count). The lowest BCUT2D eigenvalue weighted by Gasteiger charge is -2.19. The Morgan fingerprint density at radius 1 is 1.35 bits per heavy atom. The number of nitrogens with one attached hydrogen (secondary N) is 1. The van der Waals surface area contributed by atoms with Gasteiger partial charge in [-0.15, -0.1) is 0 Å². The Hall–Kier alpha value is -1.84. The van der Waals surface area contributed by atoms with Gasteiger partial charge >= 0.3 is 0 Å². The summed E-state index contributed by atoms with van der Waals surface area (Å²) in [6, 6.07) is 5.35. The minimum Gasteiger partial charge on any atom is -0.341 e. The molecule has 4 heteroatoms. The SMILES string of the molecule is CCCCCN1C(=O)C(NC(C)=O)c2cccc(C)c21. The monoisotopic (exact) mass is 274 g/mol. The molecule has 20 heavy (non-hydrogen) atoms. The number of hydrogen-bond acceptors (Lipinski definition) is 2. The third-order valence-electron chi connectivity index (χ3n) is 3.70. The maximum Gasteiger partial charge on any atom is 0.254 e. The standard InChI is InChI=1S/C16H22N2O2/c1-4-5-6-10-18-15-11(2)8-7-9-13(15)14(16(18)20)17-12(3)19/h7-9,14H,4-6,10H2,1-3H3,(H,17,19). The maximum absolute atomic E-state index is 12.6. The van der Waals surface area contributed by atoms with Crippen LogP contribution in [-0.4, -0.2) is 18.4 Å². The Labute approximate surface area is 120 Å². The van der Waals surface area contributed by atoms with Crippen molar-refractivity contribution in [3.8, 4) is 0 Å². The minimum atomic E-state index is -0.524. The van der Waals surface area contributed by atoms with Crippen molar-refractivity contribution in [1.82, 2.24) is 5.32 Å². The molecule has 1 aliphatic heterocycles. The van der Waals surface area contributed by atoms with Gasteiger partial charge in [0.2, 0.25) is 5.91 Å². The normalized spacial score (nSPS) is 17.2. The fourth-order valence-corrected chi connectivity index (χ4v) is 2.77.